The van der Waals surface area contributed by atoms with Crippen LogP contribution in [0.4, 0.5) is 0 Å². The van der Waals surface area contributed by atoms with Crippen molar-refractivity contribution in [2.75, 3.05) is 0 Å². The first-order valence-corrected chi connectivity index (χ1v) is 2.11. The van der Waals surface area contributed by atoms with Crippen LogP contribution < -0.4 is 0 Å². The van der Waals surface area contributed by atoms with Gasteiger partial charge in [-0.05, 0) is 0 Å². The van der Waals surface area contributed by atoms with Crippen LogP contribution in [0.25, 0.3) is 0 Å². The van der Waals surface area contributed by atoms with Crippen LogP contribution in [0, 0.1) is 0 Å². The van der Waals surface area contributed by atoms with Gasteiger partial charge in [0.2, 0.25) is 0 Å². The summed E-state index contributed by atoms with van der Waals surface area (Å²) in [5, 5.41) is 7.03. The maximum absolute atomic E-state index is 9.73. The van der Waals surface area contributed by atoms with Gasteiger partial charge in [-0.25, -0.2) is 0 Å². The van der Waals surface area contributed by atoms with E-state index in [-0.39, 0.29) is 0 Å². The lowest BCUT2D eigenvalue weighted by Crippen LogP contribution is -2.08. The molecule has 0 aromatic heterocycles. The number of carboxylic acid groups (broad SMARTS) is 1. The molecule has 0 aromatic carbocycles. The topological polar surface area (TPSA) is 37.3 Å². The molecule has 0 spiro atoms. The van der Waals surface area contributed by atoms with Crippen molar-refractivity contribution in [3.8, 4) is 0 Å². The minimum atomic E-state index is -1.06. The molecule has 40 valence electrons. The molecule has 0 saturated carbocycles. The summed E-state index contributed by atoms with van der Waals surface area (Å²) >= 11 is 5.08. The second-order valence-corrected chi connectivity index (χ2v) is 1.45. The van der Waals surface area contributed by atoms with Crippen LogP contribution in [0.5, 0.6) is 0 Å². The predicted molar refractivity (Wildman–Crippen MR) is 27.5 cm³/mol. The van der Waals surface area contributed by atoms with Crippen molar-refractivity contribution in [3.63, 3.8) is 0 Å². The van der Waals surface area contributed by atoms with E-state index in [0.717, 1.165) is 6.08 Å². The van der Waals surface area contributed by atoms with Gasteiger partial charge in [0.25, 0.3) is 0 Å². The van der Waals surface area contributed by atoms with Gasteiger partial charge in [-0.2, -0.15) is 0 Å². The number of rotatable bonds is 2. The lowest BCUT2D eigenvalue weighted by atomic mass is 10.4. The third-order valence-corrected chi connectivity index (χ3v) is 0.808. The molecular weight excluding hydrogens is 115 g/mol. The summed E-state index contributed by atoms with van der Waals surface area (Å²) in [6, 6.07) is 0. The SMILES string of the molecule is C=CC(Cl)C(=O)O. The highest BCUT2D eigenvalue weighted by molar-refractivity contribution is 6.30. The summed E-state index contributed by atoms with van der Waals surface area (Å²) in [7, 11) is 0. The van der Waals surface area contributed by atoms with E-state index < -0.39 is 11.3 Å². The molecule has 1 unspecified atom stereocenters. The maximum atomic E-state index is 9.73. The summed E-state index contributed by atoms with van der Waals surface area (Å²) in [5.41, 5.74) is 0. The Morgan fingerprint density at radius 3 is 2.43 bits per heavy atom. The fourth-order valence-corrected chi connectivity index (χ4v) is 0.101. The Kier molecular flexibility index (Phi) is 2.45. The molecule has 0 aliphatic carbocycles. The van der Waals surface area contributed by atoms with Gasteiger partial charge < -0.3 is 5.11 Å². The fraction of sp³-hybridized carbons (Fsp3) is 0.250. The normalized spacial score (nSPS) is 12.7. The highest BCUT2D eigenvalue weighted by atomic mass is 35.5. The van der Waals surface area contributed by atoms with Gasteiger partial charge >= 0.3 is 5.97 Å². The molecule has 0 rings (SSSR count). The monoisotopic (exact) mass is 120 g/mol. The lowest BCUT2D eigenvalue weighted by molar-refractivity contribution is -0.135. The van der Waals surface area contributed by atoms with E-state index in [1.54, 1.807) is 0 Å². The summed E-state index contributed by atoms with van der Waals surface area (Å²) in [6.07, 6.45) is 1.16. The number of aliphatic carboxylic acids is 1. The third-order valence-electron chi connectivity index (χ3n) is 0.443. The summed E-state index contributed by atoms with van der Waals surface area (Å²) in [4.78, 5) is 9.73. The van der Waals surface area contributed by atoms with Crippen molar-refractivity contribution in [1.29, 1.82) is 0 Å². The number of halogens is 1. The van der Waals surface area contributed by atoms with E-state index in [1.165, 1.54) is 0 Å². The zero-order valence-electron chi connectivity index (χ0n) is 3.60. The number of alkyl halides is 1. The Morgan fingerprint density at radius 2 is 2.43 bits per heavy atom. The first-order chi connectivity index (χ1) is 3.18. The van der Waals surface area contributed by atoms with Crippen LogP contribution in [-0.2, 0) is 4.79 Å². The largest absolute Gasteiger partial charge is 0.480 e. The van der Waals surface area contributed by atoms with E-state index in [1.807, 2.05) is 0 Å². The Bertz CT molecular complexity index is 89.7. The number of carbonyl (C=O) groups is 1. The van der Waals surface area contributed by atoms with Crippen molar-refractivity contribution >= 4 is 17.6 Å². The minimum Gasteiger partial charge on any atom is -0.480 e. The van der Waals surface area contributed by atoms with Crippen LogP contribution >= 0.6 is 11.6 Å². The molecule has 0 fully saturated rings. The average molecular weight is 121 g/mol. The van der Waals surface area contributed by atoms with Gasteiger partial charge in [0.05, 0.1) is 0 Å². The van der Waals surface area contributed by atoms with Crippen molar-refractivity contribution in [3.05, 3.63) is 12.7 Å². The summed E-state index contributed by atoms with van der Waals surface area (Å²) < 4.78 is 0. The highest BCUT2D eigenvalue weighted by Gasteiger charge is 2.05. The maximum Gasteiger partial charge on any atom is 0.325 e. The average Bonchev–Trinajstić information content (AvgIpc) is 1.65. The number of hydrogen-bond donors (Lipinski definition) is 1. The van der Waals surface area contributed by atoms with Crippen molar-refractivity contribution < 1.29 is 9.90 Å². The molecule has 2 nitrogen and oxygen atoms in total. The van der Waals surface area contributed by atoms with Crippen LogP contribution in [0.2, 0.25) is 0 Å². The van der Waals surface area contributed by atoms with Gasteiger partial charge in [-0.15, -0.1) is 18.2 Å². The molecule has 3 heteroatoms. The number of carboxylic acids is 1. The molecule has 0 heterocycles. The molecular formula is C4H5ClO2. The van der Waals surface area contributed by atoms with Gasteiger partial charge in [0, 0.05) is 0 Å². The second kappa shape index (κ2) is 2.64. The van der Waals surface area contributed by atoms with Crippen molar-refractivity contribution in [1.82, 2.24) is 0 Å². The van der Waals surface area contributed by atoms with Gasteiger partial charge in [-0.1, -0.05) is 6.08 Å². The third kappa shape index (κ3) is 2.23. The van der Waals surface area contributed by atoms with E-state index in [4.69, 9.17) is 16.7 Å². The zero-order chi connectivity index (χ0) is 5.86. The van der Waals surface area contributed by atoms with Gasteiger partial charge in [0.1, 0.15) is 5.38 Å². The summed E-state index contributed by atoms with van der Waals surface area (Å²) in [6.45, 7) is 3.17. The quantitative estimate of drug-likeness (QED) is 0.434. The Morgan fingerprint density at radius 1 is 2.00 bits per heavy atom. The fourth-order valence-electron chi connectivity index (χ4n) is 0.101. The van der Waals surface area contributed by atoms with Crippen molar-refractivity contribution in [2.24, 2.45) is 0 Å². The molecule has 7 heavy (non-hydrogen) atoms. The summed E-state index contributed by atoms with van der Waals surface area (Å²) in [5.74, 6) is -1.06. The molecule has 1 atom stereocenters. The molecule has 1 N–H and O–H groups in total. The van der Waals surface area contributed by atoms with E-state index in [0.29, 0.717) is 0 Å². The van der Waals surface area contributed by atoms with E-state index >= 15 is 0 Å². The minimum absolute atomic E-state index is 0.944. The number of hydrogen-bond acceptors (Lipinski definition) is 1. The Labute approximate surface area is 46.4 Å². The van der Waals surface area contributed by atoms with Crippen LogP contribution in [-0.4, -0.2) is 16.5 Å². The van der Waals surface area contributed by atoms with Crippen LogP contribution in [0.1, 0.15) is 0 Å². The molecule has 0 aliphatic rings. The first kappa shape index (κ1) is 6.50. The van der Waals surface area contributed by atoms with Crippen molar-refractivity contribution in [2.45, 2.75) is 5.38 Å². The molecule has 0 aliphatic heterocycles. The molecule has 0 amide bonds. The van der Waals surface area contributed by atoms with Gasteiger partial charge in [-0.3, -0.25) is 4.79 Å². The molecule has 0 saturated heterocycles. The zero-order valence-corrected chi connectivity index (χ0v) is 4.35. The molecule has 0 radical (unpaired) electrons. The standard InChI is InChI=1S/C4H5ClO2/c1-2-3(5)4(6)7/h2-3H,1H2,(H,6,7). The van der Waals surface area contributed by atoms with E-state index in [9.17, 15) is 4.79 Å². The van der Waals surface area contributed by atoms with Gasteiger partial charge in [0.15, 0.2) is 0 Å². The van der Waals surface area contributed by atoms with Crippen LogP contribution in [0.15, 0.2) is 12.7 Å². The Hall–Kier alpha value is -0.500. The molecule has 0 bridgehead atoms. The molecule has 0 aromatic rings. The first-order valence-electron chi connectivity index (χ1n) is 1.68. The Balaban J connectivity index is 3.55. The van der Waals surface area contributed by atoms with Crippen LogP contribution in [0.3, 0.4) is 0 Å². The second-order valence-electron chi connectivity index (χ2n) is 0.976. The smallest absolute Gasteiger partial charge is 0.325 e. The lowest BCUT2D eigenvalue weighted by Gasteiger charge is -1.89. The predicted octanol–water partition coefficient (Wildman–Crippen LogP) is 0.864. The highest BCUT2D eigenvalue weighted by Crippen LogP contribution is 1.93. The van der Waals surface area contributed by atoms with E-state index in [2.05, 4.69) is 6.58 Å².